The maximum Gasteiger partial charge on any atom is 0.260 e. The van der Waals surface area contributed by atoms with Crippen LogP contribution in [0.2, 0.25) is 0 Å². The molecule has 0 spiro atoms. The molecule has 1 fully saturated rings. The van der Waals surface area contributed by atoms with E-state index in [2.05, 4.69) is 9.97 Å². The zero-order valence-corrected chi connectivity index (χ0v) is 18.7. The van der Waals surface area contributed by atoms with Gasteiger partial charge in [-0.1, -0.05) is 0 Å². The predicted molar refractivity (Wildman–Crippen MR) is 123 cm³/mol. The van der Waals surface area contributed by atoms with Crippen LogP contribution in [-0.2, 0) is 0 Å². The van der Waals surface area contributed by atoms with Crippen LogP contribution >= 0.6 is 0 Å². The average molecular weight is 447 g/mol. The topological polar surface area (TPSA) is 101 Å². The lowest BCUT2D eigenvalue weighted by Gasteiger charge is -2.23. The number of aliphatic hydroxyl groups excluding tert-OH is 1. The van der Waals surface area contributed by atoms with Gasteiger partial charge in [0, 0.05) is 24.8 Å². The van der Waals surface area contributed by atoms with Gasteiger partial charge in [0.25, 0.3) is 11.8 Å². The number of methoxy groups -OCH3 is 2. The summed E-state index contributed by atoms with van der Waals surface area (Å²) in [4.78, 5) is 30.6. The van der Waals surface area contributed by atoms with Crippen molar-refractivity contribution < 1.29 is 19.4 Å². The number of amides is 1. The minimum atomic E-state index is -0.317. The number of nitrogens with zero attached hydrogens (tertiary/aromatic N) is 5. The molecule has 1 saturated heterocycles. The fourth-order valence-electron chi connectivity index (χ4n) is 4.43. The number of anilines is 2. The van der Waals surface area contributed by atoms with Gasteiger partial charge in [-0.2, -0.15) is 0 Å². The molecule has 2 unspecified atom stereocenters. The summed E-state index contributed by atoms with van der Waals surface area (Å²) in [6.45, 7) is 3.31. The molecule has 1 amide bonds. The van der Waals surface area contributed by atoms with Crippen LogP contribution in [0.5, 0.6) is 11.6 Å². The first kappa shape index (κ1) is 21.1. The Kier molecular flexibility index (Phi) is 5.33. The highest BCUT2D eigenvalue weighted by atomic mass is 16.5. The molecule has 3 aromatic heterocycles. The molecular weight excluding hydrogens is 422 g/mol. The highest BCUT2D eigenvalue weighted by Crippen LogP contribution is 2.38. The first-order valence-electron chi connectivity index (χ1n) is 10.8. The van der Waals surface area contributed by atoms with E-state index in [0.29, 0.717) is 40.8 Å². The third-order valence-electron chi connectivity index (χ3n) is 6.18. The maximum atomic E-state index is 13.2. The molecule has 2 atom stereocenters. The summed E-state index contributed by atoms with van der Waals surface area (Å²) in [6.07, 6.45) is 3.80. The third kappa shape index (κ3) is 3.64. The van der Waals surface area contributed by atoms with E-state index in [0.717, 1.165) is 24.3 Å². The molecule has 0 bridgehead atoms. The van der Waals surface area contributed by atoms with Crippen molar-refractivity contribution in [2.75, 3.05) is 37.1 Å². The van der Waals surface area contributed by atoms with Gasteiger partial charge < -0.3 is 19.5 Å². The van der Waals surface area contributed by atoms with Crippen LogP contribution < -0.4 is 19.3 Å². The number of ether oxygens (including phenoxy) is 2. The molecule has 5 heterocycles. The van der Waals surface area contributed by atoms with Gasteiger partial charge >= 0.3 is 0 Å². The number of carbonyl (C=O) groups excluding carboxylic acids is 1. The number of aliphatic hydroxyl groups is 1. The summed E-state index contributed by atoms with van der Waals surface area (Å²) in [5.41, 5.74) is 3.46. The smallest absolute Gasteiger partial charge is 0.260 e. The van der Waals surface area contributed by atoms with E-state index in [1.807, 2.05) is 36.1 Å². The zero-order valence-electron chi connectivity index (χ0n) is 18.7. The molecular formula is C24H25N5O4. The van der Waals surface area contributed by atoms with Gasteiger partial charge in [-0.25, -0.2) is 15.0 Å². The average Bonchev–Trinajstić information content (AvgIpc) is 3.39. The van der Waals surface area contributed by atoms with E-state index < -0.39 is 0 Å². The van der Waals surface area contributed by atoms with Crippen LogP contribution in [0.15, 0.2) is 42.7 Å². The van der Waals surface area contributed by atoms with E-state index in [1.54, 1.807) is 30.5 Å². The van der Waals surface area contributed by atoms with Gasteiger partial charge in [-0.15, -0.1) is 0 Å². The lowest BCUT2D eigenvalue weighted by atomic mass is 10.1. The molecule has 0 saturated carbocycles. The molecule has 9 heteroatoms. The molecule has 0 radical (unpaired) electrons. The Balaban J connectivity index is 1.43. The second-order valence-corrected chi connectivity index (χ2v) is 8.18. The van der Waals surface area contributed by atoms with E-state index in [4.69, 9.17) is 14.5 Å². The molecule has 2 aliphatic rings. The standard InChI is InChI=1S/C24H25N5O4/c1-14-22-18(5-6-19(27-22)15-10-20(32-2)23(33-3)26-11-15)24(31)29(14)16-4-7-21(25-12-16)28-9-8-17(30)13-28/h4-7,10-12,14,17,30H,8-9,13H2,1-3H3. The molecule has 2 aliphatic heterocycles. The number of pyridine rings is 3. The van der Waals surface area contributed by atoms with Crippen molar-refractivity contribution in [2.45, 2.75) is 25.5 Å². The Morgan fingerprint density at radius 1 is 1.09 bits per heavy atom. The van der Waals surface area contributed by atoms with Gasteiger partial charge in [0.1, 0.15) is 5.82 Å². The number of hydrogen-bond acceptors (Lipinski definition) is 8. The monoisotopic (exact) mass is 447 g/mol. The largest absolute Gasteiger partial charge is 0.491 e. The summed E-state index contributed by atoms with van der Waals surface area (Å²) in [5, 5.41) is 9.77. The van der Waals surface area contributed by atoms with Crippen molar-refractivity contribution in [3.63, 3.8) is 0 Å². The van der Waals surface area contributed by atoms with E-state index in [9.17, 15) is 9.90 Å². The Labute approximate surface area is 191 Å². The first-order chi connectivity index (χ1) is 16.0. The fraction of sp³-hybridized carbons (Fsp3) is 0.333. The lowest BCUT2D eigenvalue weighted by molar-refractivity contribution is 0.0992. The third-order valence-corrected chi connectivity index (χ3v) is 6.18. The molecule has 9 nitrogen and oxygen atoms in total. The van der Waals surface area contributed by atoms with Crippen LogP contribution in [0.4, 0.5) is 11.5 Å². The molecule has 33 heavy (non-hydrogen) atoms. The summed E-state index contributed by atoms with van der Waals surface area (Å²) in [7, 11) is 3.10. The molecule has 0 aromatic carbocycles. The van der Waals surface area contributed by atoms with Gasteiger partial charge in [0.05, 0.1) is 55.2 Å². The summed E-state index contributed by atoms with van der Waals surface area (Å²) in [6, 6.07) is 8.98. The highest BCUT2D eigenvalue weighted by Gasteiger charge is 2.37. The van der Waals surface area contributed by atoms with Crippen LogP contribution in [0.1, 0.15) is 35.4 Å². The van der Waals surface area contributed by atoms with Crippen LogP contribution in [-0.4, -0.2) is 59.4 Å². The first-order valence-corrected chi connectivity index (χ1v) is 10.8. The van der Waals surface area contributed by atoms with Crippen molar-refractivity contribution in [2.24, 2.45) is 0 Å². The normalized spacial score (nSPS) is 19.7. The zero-order chi connectivity index (χ0) is 23.1. The van der Waals surface area contributed by atoms with Crippen molar-refractivity contribution >= 4 is 17.4 Å². The number of fused-ring (bicyclic) bond motifs is 1. The Morgan fingerprint density at radius 2 is 1.94 bits per heavy atom. The number of β-amino-alcohol motifs (C(OH)–C–C–N with tert-alkyl or cyclic N) is 1. The number of aromatic nitrogens is 3. The number of carbonyl (C=O) groups is 1. The second kappa shape index (κ2) is 8.32. The second-order valence-electron chi connectivity index (χ2n) is 8.18. The van der Waals surface area contributed by atoms with Crippen molar-refractivity contribution in [3.8, 4) is 22.9 Å². The van der Waals surface area contributed by atoms with Crippen LogP contribution in [0, 0.1) is 0 Å². The van der Waals surface area contributed by atoms with Crippen molar-refractivity contribution in [3.05, 3.63) is 54.0 Å². The van der Waals surface area contributed by atoms with Crippen LogP contribution in [0.25, 0.3) is 11.3 Å². The fourth-order valence-corrected chi connectivity index (χ4v) is 4.43. The highest BCUT2D eigenvalue weighted by molar-refractivity contribution is 6.10. The molecule has 1 N–H and O–H groups in total. The summed E-state index contributed by atoms with van der Waals surface area (Å²) >= 11 is 0. The lowest BCUT2D eigenvalue weighted by Crippen LogP contribution is -2.27. The van der Waals surface area contributed by atoms with Gasteiger partial charge in [-0.05, 0) is 43.7 Å². The van der Waals surface area contributed by atoms with E-state index in [-0.39, 0.29) is 18.1 Å². The molecule has 5 rings (SSSR count). The minimum Gasteiger partial charge on any atom is -0.491 e. The molecule has 0 aliphatic carbocycles. The van der Waals surface area contributed by atoms with Gasteiger partial charge in [-0.3, -0.25) is 9.69 Å². The minimum absolute atomic E-state index is 0.104. The summed E-state index contributed by atoms with van der Waals surface area (Å²) in [5.74, 6) is 1.61. The van der Waals surface area contributed by atoms with Gasteiger partial charge in [0.15, 0.2) is 5.75 Å². The predicted octanol–water partition coefficient (Wildman–Crippen LogP) is 2.85. The number of hydrogen-bond donors (Lipinski definition) is 1. The Hall–Kier alpha value is -3.72. The molecule has 3 aromatic rings. The van der Waals surface area contributed by atoms with Crippen molar-refractivity contribution in [1.82, 2.24) is 15.0 Å². The Morgan fingerprint density at radius 3 is 2.61 bits per heavy atom. The number of rotatable bonds is 5. The van der Waals surface area contributed by atoms with Crippen LogP contribution in [0.3, 0.4) is 0 Å². The molecule has 170 valence electrons. The van der Waals surface area contributed by atoms with Crippen molar-refractivity contribution in [1.29, 1.82) is 0 Å². The quantitative estimate of drug-likeness (QED) is 0.637. The Bertz CT molecular complexity index is 1200. The van der Waals surface area contributed by atoms with E-state index in [1.165, 1.54) is 7.11 Å². The van der Waals surface area contributed by atoms with E-state index >= 15 is 0 Å². The maximum absolute atomic E-state index is 13.2. The SMILES string of the molecule is COc1cc(-c2ccc3c(n2)C(C)N(c2ccc(N4CCC(O)C4)nc2)C3=O)cnc1OC. The van der Waals surface area contributed by atoms with Gasteiger partial charge in [0.2, 0.25) is 0 Å². The summed E-state index contributed by atoms with van der Waals surface area (Å²) < 4.78 is 10.6.